The topological polar surface area (TPSA) is 61.7 Å². The standard InChI is InChI=1S/C10H9BrN2O2/c11-7-1-2-8-6(3-7)4-12-5-9(13-15)10(8)14/h1-3,12,15H,4-5H2/b13-9+. The van der Waals surface area contributed by atoms with Crippen LogP contribution in [0.1, 0.15) is 15.9 Å². The lowest BCUT2D eigenvalue weighted by Crippen LogP contribution is -2.24. The summed E-state index contributed by atoms with van der Waals surface area (Å²) in [5, 5.41) is 14.7. The average Bonchev–Trinajstić information content (AvgIpc) is 2.37. The summed E-state index contributed by atoms with van der Waals surface area (Å²) in [4.78, 5) is 11.8. The lowest BCUT2D eigenvalue weighted by atomic mass is 10.0. The van der Waals surface area contributed by atoms with Crippen LogP contribution in [0.5, 0.6) is 0 Å². The van der Waals surface area contributed by atoms with Crippen molar-refractivity contribution in [3.63, 3.8) is 0 Å². The van der Waals surface area contributed by atoms with Gasteiger partial charge in [-0.05, 0) is 23.8 Å². The van der Waals surface area contributed by atoms with E-state index in [2.05, 4.69) is 26.4 Å². The SMILES string of the molecule is O=C1/C(=N/O)CNCc2cc(Br)ccc21. The van der Waals surface area contributed by atoms with E-state index < -0.39 is 0 Å². The van der Waals surface area contributed by atoms with Gasteiger partial charge in [0.05, 0.1) is 0 Å². The Balaban J connectivity index is 2.52. The summed E-state index contributed by atoms with van der Waals surface area (Å²) in [6.07, 6.45) is 0. The molecule has 2 N–H and O–H groups in total. The molecular formula is C10H9BrN2O2. The molecule has 0 radical (unpaired) electrons. The van der Waals surface area contributed by atoms with E-state index in [4.69, 9.17) is 5.21 Å². The molecule has 0 amide bonds. The van der Waals surface area contributed by atoms with Crippen molar-refractivity contribution in [1.29, 1.82) is 0 Å². The number of fused-ring (bicyclic) bond motifs is 1. The Morgan fingerprint density at radius 3 is 2.93 bits per heavy atom. The first kappa shape index (κ1) is 10.3. The van der Waals surface area contributed by atoms with Crippen molar-refractivity contribution < 1.29 is 10.0 Å². The fourth-order valence-corrected chi connectivity index (χ4v) is 1.97. The second kappa shape index (κ2) is 4.12. The number of ketones is 1. The fraction of sp³-hybridized carbons (Fsp3) is 0.200. The van der Waals surface area contributed by atoms with E-state index in [0.29, 0.717) is 18.7 Å². The largest absolute Gasteiger partial charge is 0.410 e. The minimum atomic E-state index is -0.218. The van der Waals surface area contributed by atoms with E-state index in [9.17, 15) is 4.79 Å². The Morgan fingerprint density at radius 1 is 1.40 bits per heavy atom. The number of benzene rings is 1. The molecule has 1 aliphatic heterocycles. The summed E-state index contributed by atoms with van der Waals surface area (Å²) in [5.74, 6) is -0.218. The number of oxime groups is 1. The average molecular weight is 269 g/mol. The second-order valence-corrected chi connectivity index (χ2v) is 4.20. The summed E-state index contributed by atoms with van der Waals surface area (Å²) in [6, 6.07) is 5.43. The van der Waals surface area contributed by atoms with E-state index in [1.54, 1.807) is 12.1 Å². The number of carbonyl (C=O) groups excluding carboxylic acids is 1. The van der Waals surface area contributed by atoms with Crippen molar-refractivity contribution in [2.45, 2.75) is 6.54 Å². The van der Waals surface area contributed by atoms with Crippen LogP contribution < -0.4 is 5.32 Å². The first-order chi connectivity index (χ1) is 7.22. The quantitative estimate of drug-likeness (QED) is 0.555. The smallest absolute Gasteiger partial charge is 0.212 e. The molecule has 0 bridgehead atoms. The van der Waals surface area contributed by atoms with Gasteiger partial charge in [0.2, 0.25) is 5.78 Å². The van der Waals surface area contributed by atoms with Gasteiger partial charge in [-0.25, -0.2) is 0 Å². The number of halogens is 1. The normalized spacial score (nSPS) is 18.7. The third-order valence-electron chi connectivity index (χ3n) is 2.30. The summed E-state index contributed by atoms with van der Waals surface area (Å²) in [5.41, 5.74) is 1.65. The first-order valence-corrected chi connectivity index (χ1v) is 5.26. The molecule has 15 heavy (non-hydrogen) atoms. The highest BCUT2D eigenvalue weighted by Gasteiger charge is 2.21. The number of hydrogen-bond donors (Lipinski definition) is 2. The molecule has 0 atom stereocenters. The molecule has 5 heteroatoms. The predicted molar refractivity (Wildman–Crippen MR) is 59.4 cm³/mol. The molecule has 0 unspecified atom stereocenters. The number of carbonyl (C=O) groups is 1. The van der Waals surface area contributed by atoms with Gasteiger partial charge < -0.3 is 10.5 Å². The Hall–Kier alpha value is -1.20. The zero-order valence-electron chi connectivity index (χ0n) is 7.83. The number of nitrogens with zero attached hydrogens (tertiary/aromatic N) is 1. The Morgan fingerprint density at radius 2 is 2.20 bits per heavy atom. The van der Waals surface area contributed by atoms with Gasteiger partial charge in [0.25, 0.3) is 0 Å². The Bertz CT molecular complexity index is 443. The number of Topliss-reactive ketones (excluding diaryl/α,β-unsaturated/α-hetero) is 1. The molecule has 4 nitrogen and oxygen atoms in total. The van der Waals surface area contributed by atoms with Crippen molar-refractivity contribution in [1.82, 2.24) is 5.32 Å². The lowest BCUT2D eigenvalue weighted by Gasteiger charge is -2.03. The maximum atomic E-state index is 11.8. The molecule has 1 aromatic rings. The highest BCUT2D eigenvalue weighted by molar-refractivity contribution is 9.10. The van der Waals surface area contributed by atoms with Crippen LogP contribution in [0.25, 0.3) is 0 Å². The highest BCUT2D eigenvalue weighted by Crippen LogP contribution is 2.19. The van der Waals surface area contributed by atoms with Crippen molar-refractivity contribution >= 4 is 27.4 Å². The summed E-state index contributed by atoms with van der Waals surface area (Å²) >= 11 is 3.35. The zero-order valence-corrected chi connectivity index (χ0v) is 9.41. The van der Waals surface area contributed by atoms with Crippen LogP contribution in [0, 0.1) is 0 Å². The molecule has 78 valence electrons. The van der Waals surface area contributed by atoms with E-state index in [-0.39, 0.29) is 11.5 Å². The molecule has 0 saturated carbocycles. The van der Waals surface area contributed by atoms with Gasteiger partial charge in [0.15, 0.2) is 0 Å². The molecule has 1 aliphatic rings. The lowest BCUT2D eigenvalue weighted by molar-refractivity contribution is 0.106. The zero-order chi connectivity index (χ0) is 10.8. The van der Waals surface area contributed by atoms with E-state index in [1.807, 2.05) is 6.07 Å². The van der Waals surface area contributed by atoms with Crippen LogP contribution in [0.2, 0.25) is 0 Å². The Kier molecular flexibility index (Phi) is 2.83. The van der Waals surface area contributed by atoms with Crippen LogP contribution >= 0.6 is 15.9 Å². The van der Waals surface area contributed by atoms with E-state index >= 15 is 0 Å². The molecule has 0 fully saturated rings. The maximum absolute atomic E-state index is 11.8. The summed E-state index contributed by atoms with van der Waals surface area (Å²) in [6.45, 7) is 0.890. The van der Waals surface area contributed by atoms with E-state index in [1.165, 1.54) is 0 Å². The summed E-state index contributed by atoms with van der Waals surface area (Å²) < 4.78 is 0.931. The highest BCUT2D eigenvalue weighted by atomic mass is 79.9. The first-order valence-electron chi connectivity index (χ1n) is 4.47. The number of nitrogens with one attached hydrogen (secondary N) is 1. The molecule has 0 saturated heterocycles. The van der Waals surface area contributed by atoms with Crippen LogP contribution in [0.15, 0.2) is 27.8 Å². The van der Waals surface area contributed by atoms with Gasteiger partial charge in [0.1, 0.15) is 5.71 Å². The van der Waals surface area contributed by atoms with Crippen molar-refractivity contribution in [2.75, 3.05) is 6.54 Å². The molecule has 1 aromatic carbocycles. The predicted octanol–water partition coefficient (Wildman–Crippen LogP) is 1.57. The van der Waals surface area contributed by atoms with Gasteiger partial charge in [0, 0.05) is 23.1 Å². The third-order valence-corrected chi connectivity index (χ3v) is 2.80. The van der Waals surface area contributed by atoms with Crippen LogP contribution in [-0.2, 0) is 6.54 Å². The Labute approximate surface area is 95.1 Å². The van der Waals surface area contributed by atoms with Crippen molar-refractivity contribution in [2.24, 2.45) is 5.16 Å². The fourth-order valence-electron chi connectivity index (χ4n) is 1.56. The van der Waals surface area contributed by atoms with Gasteiger partial charge in [-0.1, -0.05) is 21.1 Å². The van der Waals surface area contributed by atoms with Gasteiger partial charge in [-0.3, -0.25) is 4.79 Å². The van der Waals surface area contributed by atoms with Crippen molar-refractivity contribution in [3.05, 3.63) is 33.8 Å². The minimum Gasteiger partial charge on any atom is -0.410 e. The maximum Gasteiger partial charge on any atom is 0.212 e. The minimum absolute atomic E-state index is 0.149. The van der Waals surface area contributed by atoms with Gasteiger partial charge in [-0.15, -0.1) is 0 Å². The summed E-state index contributed by atoms with van der Waals surface area (Å²) in [7, 11) is 0. The molecule has 2 rings (SSSR count). The van der Waals surface area contributed by atoms with Crippen molar-refractivity contribution in [3.8, 4) is 0 Å². The molecule has 1 heterocycles. The number of hydrogen-bond acceptors (Lipinski definition) is 4. The molecule has 0 aliphatic carbocycles. The van der Waals surface area contributed by atoms with Crippen LogP contribution in [-0.4, -0.2) is 23.2 Å². The van der Waals surface area contributed by atoms with Gasteiger partial charge in [-0.2, -0.15) is 0 Å². The monoisotopic (exact) mass is 268 g/mol. The number of rotatable bonds is 0. The van der Waals surface area contributed by atoms with Crippen LogP contribution in [0.4, 0.5) is 0 Å². The third kappa shape index (κ3) is 1.93. The van der Waals surface area contributed by atoms with E-state index in [0.717, 1.165) is 10.0 Å². The van der Waals surface area contributed by atoms with Crippen LogP contribution in [0.3, 0.4) is 0 Å². The molecule has 0 spiro atoms. The molecular weight excluding hydrogens is 260 g/mol. The molecule has 0 aromatic heterocycles. The second-order valence-electron chi connectivity index (χ2n) is 3.28. The van der Waals surface area contributed by atoms with Gasteiger partial charge >= 0.3 is 0 Å².